The van der Waals surface area contributed by atoms with Gasteiger partial charge in [-0.15, -0.1) is 0 Å². The molecule has 0 spiro atoms. The Morgan fingerprint density at radius 2 is 1.64 bits per heavy atom. The molecule has 53 heavy (non-hydrogen) atoms. The van der Waals surface area contributed by atoms with Crippen LogP contribution in [0.3, 0.4) is 0 Å². The number of hydrogen-bond acceptors (Lipinski definition) is 6. The minimum absolute atomic E-state index is 0.0206. The van der Waals surface area contributed by atoms with Gasteiger partial charge in [-0.2, -0.15) is 5.10 Å². The fourth-order valence-electron chi connectivity index (χ4n) is 8.56. The predicted octanol–water partition coefficient (Wildman–Crippen LogP) is 8.99. The summed E-state index contributed by atoms with van der Waals surface area (Å²) in [5, 5.41) is 4.99. The van der Waals surface area contributed by atoms with E-state index in [9.17, 15) is 9.59 Å². The molecule has 9 nitrogen and oxygen atoms in total. The van der Waals surface area contributed by atoms with Crippen molar-refractivity contribution in [3.63, 3.8) is 0 Å². The third-order valence-corrected chi connectivity index (χ3v) is 11.7. The topological polar surface area (TPSA) is 119 Å². The number of aromatic amines is 2. The molecule has 0 radical (unpaired) electrons. The van der Waals surface area contributed by atoms with Crippen LogP contribution in [-0.4, -0.2) is 48.6 Å². The van der Waals surface area contributed by atoms with E-state index in [0.29, 0.717) is 25.7 Å². The van der Waals surface area contributed by atoms with E-state index in [1.165, 1.54) is 29.4 Å². The highest BCUT2D eigenvalue weighted by molar-refractivity contribution is 6.13. The van der Waals surface area contributed by atoms with Crippen molar-refractivity contribution in [3.8, 4) is 5.69 Å². The van der Waals surface area contributed by atoms with Gasteiger partial charge in [0.15, 0.2) is 5.78 Å². The summed E-state index contributed by atoms with van der Waals surface area (Å²) in [6, 6.07) is 14.9. The van der Waals surface area contributed by atoms with E-state index in [-0.39, 0.29) is 24.1 Å². The molecule has 0 saturated heterocycles. The SMILES string of the molecule is CCC1=C(C)c2cc3[nH]c(cc4nc(c5c6[nH]c(cc1n2)c(C)c6C(=O)C5)C(CCC(=O)OC)C4)c(C)c3Cc1c(C)nn(-c2ccc(C)cc2)c1C. The molecule has 1 unspecified atom stereocenters. The number of aryl methyl sites for hydroxylation is 4. The average molecular weight is 707 g/mol. The van der Waals surface area contributed by atoms with E-state index < -0.39 is 0 Å². The second kappa shape index (κ2) is 13.1. The highest BCUT2D eigenvalue weighted by Crippen LogP contribution is 2.40. The van der Waals surface area contributed by atoms with Crippen molar-refractivity contribution in [1.29, 1.82) is 0 Å². The lowest BCUT2D eigenvalue weighted by molar-refractivity contribution is -0.140. The normalized spacial score (nSPS) is 15.2. The van der Waals surface area contributed by atoms with E-state index in [1.54, 1.807) is 0 Å². The average Bonchev–Trinajstić information content (AvgIpc) is 3.96. The first-order chi connectivity index (χ1) is 25.4. The Balaban J connectivity index is 1.38. The lowest BCUT2D eigenvalue weighted by Crippen LogP contribution is -2.06. The maximum Gasteiger partial charge on any atom is 0.305 e. The van der Waals surface area contributed by atoms with Gasteiger partial charge in [0.2, 0.25) is 0 Å². The van der Waals surface area contributed by atoms with Crippen LogP contribution in [0.15, 0.2) is 42.5 Å². The molecular weight excluding hydrogens is 661 g/mol. The molecule has 4 aromatic heterocycles. The van der Waals surface area contributed by atoms with Gasteiger partial charge in [-0.05, 0) is 119 Å². The summed E-state index contributed by atoms with van der Waals surface area (Å²) in [4.78, 5) is 43.8. The molecule has 0 fully saturated rings. The van der Waals surface area contributed by atoms with Crippen LogP contribution in [-0.2, 0) is 28.8 Å². The van der Waals surface area contributed by atoms with Gasteiger partial charge in [0.1, 0.15) is 0 Å². The van der Waals surface area contributed by atoms with E-state index in [4.69, 9.17) is 19.8 Å². The number of rotatable bonds is 7. The van der Waals surface area contributed by atoms with Crippen LogP contribution in [0.5, 0.6) is 0 Å². The molecule has 8 rings (SSSR count). The molecule has 0 saturated carbocycles. The number of nitrogens with one attached hydrogen (secondary N) is 2. The van der Waals surface area contributed by atoms with E-state index in [0.717, 1.165) is 96.2 Å². The number of ether oxygens (including phenoxy) is 1. The smallest absolute Gasteiger partial charge is 0.305 e. The molecule has 1 aliphatic carbocycles. The van der Waals surface area contributed by atoms with Crippen molar-refractivity contribution in [2.24, 2.45) is 0 Å². The quantitative estimate of drug-likeness (QED) is 0.163. The zero-order chi connectivity index (χ0) is 37.3. The highest BCUT2D eigenvalue weighted by Gasteiger charge is 2.32. The Hall–Kier alpha value is -5.57. The zero-order valence-corrected chi connectivity index (χ0v) is 31.9. The van der Waals surface area contributed by atoms with Crippen LogP contribution < -0.4 is 0 Å². The number of hydrogen-bond donors (Lipinski definition) is 2. The number of carbonyl (C=O) groups excluding carboxylic acids is 2. The number of aromatic nitrogens is 6. The first kappa shape index (κ1) is 34.5. The van der Waals surface area contributed by atoms with E-state index >= 15 is 0 Å². The summed E-state index contributed by atoms with van der Waals surface area (Å²) in [5.41, 5.74) is 20.2. The number of allylic oxidation sites excluding steroid dienone is 2. The Bertz CT molecular complexity index is 2560. The summed E-state index contributed by atoms with van der Waals surface area (Å²) in [6.07, 6.45) is 3.36. The number of methoxy groups -OCH3 is 1. The van der Waals surface area contributed by atoms with Crippen LogP contribution >= 0.6 is 0 Å². The number of nitrogens with zero attached hydrogens (tertiary/aromatic N) is 4. The van der Waals surface area contributed by atoms with Crippen LogP contribution in [0.1, 0.15) is 117 Å². The molecule has 5 aromatic rings. The minimum Gasteiger partial charge on any atom is -0.469 e. The minimum atomic E-state index is -0.245. The summed E-state index contributed by atoms with van der Waals surface area (Å²) >= 11 is 0. The lowest BCUT2D eigenvalue weighted by atomic mass is 9.93. The molecule has 2 aliphatic heterocycles. The second-order valence-electron chi connectivity index (χ2n) is 14.9. The van der Waals surface area contributed by atoms with Crippen LogP contribution in [0.2, 0.25) is 0 Å². The molecule has 1 aromatic carbocycles. The third-order valence-electron chi connectivity index (χ3n) is 11.7. The number of benzene rings is 1. The van der Waals surface area contributed by atoms with Gasteiger partial charge < -0.3 is 14.7 Å². The molecule has 2 N–H and O–H groups in total. The van der Waals surface area contributed by atoms with Gasteiger partial charge in [-0.1, -0.05) is 24.6 Å². The van der Waals surface area contributed by atoms with E-state index in [1.807, 2.05) is 11.6 Å². The molecule has 8 bridgehead atoms. The second-order valence-corrected chi connectivity index (χ2v) is 14.9. The molecule has 3 aliphatic rings. The Morgan fingerprint density at radius 3 is 2.38 bits per heavy atom. The Kier molecular flexibility index (Phi) is 8.55. The molecule has 0 amide bonds. The molecule has 9 heteroatoms. The van der Waals surface area contributed by atoms with Gasteiger partial charge >= 0.3 is 5.97 Å². The first-order valence-corrected chi connectivity index (χ1v) is 18.6. The fraction of sp³-hybridized carbons (Fsp3) is 0.341. The zero-order valence-electron chi connectivity index (χ0n) is 31.9. The number of carbonyl (C=O) groups is 2. The van der Waals surface area contributed by atoms with Crippen molar-refractivity contribution in [3.05, 3.63) is 116 Å². The van der Waals surface area contributed by atoms with Gasteiger partial charge in [0.05, 0.1) is 35.4 Å². The number of esters is 1. The summed E-state index contributed by atoms with van der Waals surface area (Å²) in [5.74, 6) is -0.169. The Labute approximate surface area is 309 Å². The molecule has 1 atom stereocenters. The van der Waals surface area contributed by atoms with Crippen LogP contribution in [0, 0.1) is 34.6 Å². The monoisotopic (exact) mass is 706 g/mol. The number of Topliss-reactive ketones (excluding diaryl/α,β-unsaturated/α-hetero) is 1. The van der Waals surface area contributed by atoms with Gasteiger partial charge in [-0.25, -0.2) is 9.67 Å². The summed E-state index contributed by atoms with van der Waals surface area (Å²) in [7, 11) is 1.42. The molecular formula is C44H46N6O3. The Morgan fingerprint density at radius 1 is 0.906 bits per heavy atom. The maximum atomic E-state index is 13.6. The molecule has 6 heterocycles. The van der Waals surface area contributed by atoms with Crippen molar-refractivity contribution in [1.82, 2.24) is 29.7 Å². The highest BCUT2D eigenvalue weighted by atomic mass is 16.5. The maximum absolute atomic E-state index is 13.6. The van der Waals surface area contributed by atoms with Crippen molar-refractivity contribution in [2.75, 3.05) is 7.11 Å². The van der Waals surface area contributed by atoms with Crippen molar-refractivity contribution < 1.29 is 14.3 Å². The van der Waals surface area contributed by atoms with Crippen molar-refractivity contribution in [2.45, 2.75) is 92.9 Å². The van der Waals surface area contributed by atoms with Crippen molar-refractivity contribution >= 4 is 45.0 Å². The fourth-order valence-corrected chi connectivity index (χ4v) is 8.56. The van der Waals surface area contributed by atoms with Crippen LogP contribution in [0.25, 0.3) is 38.9 Å². The van der Waals surface area contributed by atoms with Gasteiger partial charge in [0.25, 0.3) is 0 Å². The summed E-state index contributed by atoms with van der Waals surface area (Å²) in [6.45, 7) is 14.8. The predicted molar refractivity (Wildman–Crippen MR) is 210 cm³/mol. The van der Waals surface area contributed by atoms with Gasteiger partial charge in [-0.3, -0.25) is 14.6 Å². The van der Waals surface area contributed by atoms with Gasteiger partial charge in [0, 0.05) is 75.5 Å². The molecule has 270 valence electrons. The standard InChI is InChI=1S/C44H46N6O3/c1-9-31-23(3)36-20-39-32(18-33-26(6)49-50(27(33)7)30-13-10-22(2)11-14-30)24(4)35(46-39)17-29-16-28(12-15-41(52)53-8)43(45-29)34-19-40(51)42-25(5)37(48-44(34)42)21-38(31)47-36/h10-11,13-14,17,20-21,28,46,48H,9,12,15-16,18-19H2,1-8H3. The number of ketones is 1. The van der Waals surface area contributed by atoms with E-state index in [2.05, 4.69) is 94.0 Å². The summed E-state index contributed by atoms with van der Waals surface area (Å²) < 4.78 is 7.06. The third kappa shape index (κ3) is 5.83. The largest absolute Gasteiger partial charge is 0.469 e. The first-order valence-electron chi connectivity index (χ1n) is 18.6. The number of H-pyrrole nitrogens is 2. The lowest BCUT2D eigenvalue weighted by Gasteiger charge is -2.10. The number of fused-ring (bicyclic) bond motifs is 8. The van der Waals surface area contributed by atoms with Crippen LogP contribution in [0.4, 0.5) is 0 Å².